The summed E-state index contributed by atoms with van der Waals surface area (Å²) in [4.78, 5) is 11.8. The summed E-state index contributed by atoms with van der Waals surface area (Å²) in [6, 6.07) is 3.83. The standard InChI is InChI=1S/C15H18N4O2/c20-15(14-5-6-17-21-14)16-7-8-19-13(11-3-4-11)9-12(18-19)10-1-2-10/h5-6,9-11H,1-4,7-8H2,(H,16,20). The number of carbonyl (C=O) groups is 1. The quantitative estimate of drug-likeness (QED) is 0.882. The number of aromatic nitrogens is 3. The molecule has 0 aliphatic heterocycles. The molecule has 2 saturated carbocycles. The normalized spacial score (nSPS) is 17.9. The summed E-state index contributed by atoms with van der Waals surface area (Å²) in [6.45, 7) is 1.25. The van der Waals surface area contributed by atoms with E-state index in [1.807, 2.05) is 0 Å². The Labute approximate surface area is 122 Å². The summed E-state index contributed by atoms with van der Waals surface area (Å²) < 4.78 is 6.90. The van der Waals surface area contributed by atoms with E-state index < -0.39 is 0 Å². The molecular weight excluding hydrogens is 268 g/mol. The van der Waals surface area contributed by atoms with Gasteiger partial charge in [-0.15, -0.1) is 0 Å². The second kappa shape index (κ2) is 5.02. The van der Waals surface area contributed by atoms with Crippen LogP contribution < -0.4 is 5.32 Å². The Balaban J connectivity index is 1.39. The van der Waals surface area contributed by atoms with Crippen molar-refractivity contribution in [2.75, 3.05) is 6.54 Å². The summed E-state index contributed by atoms with van der Waals surface area (Å²) in [5.74, 6) is 1.37. The lowest BCUT2D eigenvalue weighted by Gasteiger charge is -2.07. The lowest BCUT2D eigenvalue weighted by molar-refractivity contribution is 0.0915. The van der Waals surface area contributed by atoms with Crippen LogP contribution in [0.2, 0.25) is 0 Å². The van der Waals surface area contributed by atoms with E-state index in [0.717, 1.165) is 0 Å². The second-order valence-electron chi connectivity index (χ2n) is 5.90. The van der Waals surface area contributed by atoms with Crippen LogP contribution in [0.3, 0.4) is 0 Å². The van der Waals surface area contributed by atoms with Crippen LogP contribution in [0.4, 0.5) is 0 Å². The first-order chi connectivity index (χ1) is 10.3. The molecule has 0 unspecified atom stereocenters. The molecule has 2 aliphatic carbocycles. The molecule has 21 heavy (non-hydrogen) atoms. The molecule has 2 fully saturated rings. The third-order valence-electron chi connectivity index (χ3n) is 4.09. The van der Waals surface area contributed by atoms with E-state index in [0.29, 0.717) is 24.9 Å². The fraction of sp³-hybridized carbons (Fsp3) is 0.533. The number of rotatable bonds is 6. The highest BCUT2D eigenvalue weighted by molar-refractivity contribution is 5.91. The van der Waals surface area contributed by atoms with Gasteiger partial charge in [0.15, 0.2) is 0 Å². The number of hydrogen-bond acceptors (Lipinski definition) is 4. The van der Waals surface area contributed by atoms with Crippen LogP contribution in [0.15, 0.2) is 22.9 Å². The largest absolute Gasteiger partial charge is 0.351 e. The molecule has 0 spiro atoms. The third-order valence-corrected chi connectivity index (χ3v) is 4.09. The first kappa shape index (κ1) is 12.6. The Morgan fingerprint density at radius 3 is 2.81 bits per heavy atom. The minimum absolute atomic E-state index is 0.227. The fourth-order valence-electron chi connectivity index (χ4n) is 2.61. The van der Waals surface area contributed by atoms with Crippen LogP contribution in [0.5, 0.6) is 0 Å². The van der Waals surface area contributed by atoms with Crippen molar-refractivity contribution in [1.29, 1.82) is 0 Å². The van der Waals surface area contributed by atoms with Crippen molar-refractivity contribution in [3.63, 3.8) is 0 Å². The Kier molecular flexibility index (Phi) is 3.02. The first-order valence-electron chi connectivity index (χ1n) is 7.58. The Hall–Kier alpha value is -2.11. The van der Waals surface area contributed by atoms with Gasteiger partial charge in [-0.1, -0.05) is 5.16 Å². The van der Waals surface area contributed by atoms with E-state index in [2.05, 4.69) is 21.2 Å². The molecule has 2 heterocycles. The molecule has 0 bridgehead atoms. The van der Waals surface area contributed by atoms with Gasteiger partial charge in [-0.3, -0.25) is 9.48 Å². The maximum Gasteiger partial charge on any atom is 0.289 e. The molecule has 6 nitrogen and oxygen atoms in total. The van der Waals surface area contributed by atoms with Gasteiger partial charge in [-0.05, 0) is 31.7 Å². The predicted molar refractivity (Wildman–Crippen MR) is 75.0 cm³/mol. The van der Waals surface area contributed by atoms with Gasteiger partial charge in [0.25, 0.3) is 5.91 Å². The molecule has 4 rings (SSSR count). The van der Waals surface area contributed by atoms with E-state index in [-0.39, 0.29) is 11.7 Å². The molecular formula is C15H18N4O2. The van der Waals surface area contributed by atoms with Gasteiger partial charge < -0.3 is 9.84 Å². The summed E-state index contributed by atoms with van der Waals surface area (Å²) >= 11 is 0. The van der Waals surface area contributed by atoms with Crippen molar-refractivity contribution < 1.29 is 9.32 Å². The number of amides is 1. The number of hydrogen-bond donors (Lipinski definition) is 1. The van der Waals surface area contributed by atoms with E-state index >= 15 is 0 Å². The molecule has 1 amide bonds. The lowest BCUT2D eigenvalue weighted by Crippen LogP contribution is -2.27. The zero-order valence-corrected chi connectivity index (χ0v) is 11.8. The number of nitrogens with zero attached hydrogens (tertiary/aromatic N) is 3. The molecule has 6 heteroatoms. The molecule has 0 aromatic carbocycles. The van der Waals surface area contributed by atoms with Crippen molar-refractivity contribution in [1.82, 2.24) is 20.3 Å². The van der Waals surface area contributed by atoms with Crippen LogP contribution >= 0.6 is 0 Å². The summed E-state index contributed by atoms with van der Waals surface area (Å²) in [5.41, 5.74) is 2.57. The van der Waals surface area contributed by atoms with Crippen LogP contribution in [0.25, 0.3) is 0 Å². The van der Waals surface area contributed by atoms with E-state index in [9.17, 15) is 4.79 Å². The molecule has 1 N–H and O–H groups in total. The van der Waals surface area contributed by atoms with Gasteiger partial charge in [0.2, 0.25) is 5.76 Å². The minimum Gasteiger partial charge on any atom is -0.351 e. The third kappa shape index (κ3) is 2.70. The van der Waals surface area contributed by atoms with Crippen molar-refractivity contribution in [3.05, 3.63) is 35.5 Å². The topological polar surface area (TPSA) is 73.0 Å². The highest BCUT2D eigenvalue weighted by Gasteiger charge is 2.32. The molecule has 0 saturated heterocycles. The monoisotopic (exact) mass is 286 g/mol. The Bertz CT molecular complexity index is 639. The van der Waals surface area contributed by atoms with Gasteiger partial charge in [0, 0.05) is 30.1 Å². The van der Waals surface area contributed by atoms with Gasteiger partial charge in [-0.2, -0.15) is 5.10 Å². The molecule has 110 valence electrons. The summed E-state index contributed by atoms with van der Waals surface area (Å²) in [5, 5.41) is 11.1. The van der Waals surface area contributed by atoms with Crippen molar-refractivity contribution in [2.45, 2.75) is 44.1 Å². The highest BCUT2D eigenvalue weighted by Crippen LogP contribution is 2.44. The van der Waals surface area contributed by atoms with Gasteiger partial charge in [0.05, 0.1) is 18.4 Å². The van der Waals surface area contributed by atoms with Gasteiger partial charge >= 0.3 is 0 Å². The maximum absolute atomic E-state index is 11.8. The van der Waals surface area contributed by atoms with Crippen molar-refractivity contribution in [2.24, 2.45) is 0 Å². The maximum atomic E-state index is 11.8. The van der Waals surface area contributed by atoms with Crippen LogP contribution in [-0.4, -0.2) is 27.4 Å². The Morgan fingerprint density at radius 1 is 1.33 bits per heavy atom. The zero-order valence-electron chi connectivity index (χ0n) is 11.8. The Morgan fingerprint density at radius 2 is 2.14 bits per heavy atom. The highest BCUT2D eigenvalue weighted by atomic mass is 16.5. The smallest absolute Gasteiger partial charge is 0.289 e. The zero-order chi connectivity index (χ0) is 14.2. The second-order valence-corrected chi connectivity index (χ2v) is 5.90. The number of nitrogens with one attached hydrogen (secondary N) is 1. The molecule has 0 radical (unpaired) electrons. The fourth-order valence-corrected chi connectivity index (χ4v) is 2.61. The first-order valence-corrected chi connectivity index (χ1v) is 7.58. The minimum atomic E-state index is -0.227. The van der Waals surface area contributed by atoms with Crippen molar-refractivity contribution >= 4 is 5.91 Å². The lowest BCUT2D eigenvalue weighted by atomic mass is 10.2. The van der Waals surface area contributed by atoms with Crippen LogP contribution in [-0.2, 0) is 6.54 Å². The predicted octanol–water partition coefficient (Wildman–Crippen LogP) is 2.06. The summed E-state index contributed by atoms with van der Waals surface area (Å²) in [7, 11) is 0. The van der Waals surface area contributed by atoms with Crippen LogP contribution in [0.1, 0.15) is 59.5 Å². The van der Waals surface area contributed by atoms with E-state index in [1.165, 1.54) is 43.3 Å². The molecule has 2 aromatic heterocycles. The average Bonchev–Trinajstić information content (AvgIpc) is 3.42. The SMILES string of the molecule is O=C(NCCn1nc(C2CC2)cc1C1CC1)c1ccno1. The van der Waals surface area contributed by atoms with Gasteiger partial charge in [0.1, 0.15) is 0 Å². The molecule has 0 atom stereocenters. The van der Waals surface area contributed by atoms with Gasteiger partial charge in [-0.25, -0.2) is 0 Å². The van der Waals surface area contributed by atoms with Crippen LogP contribution in [0, 0.1) is 0 Å². The van der Waals surface area contributed by atoms with E-state index in [4.69, 9.17) is 9.62 Å². The van der Waals surface area contributed by atoms with Crippen molar-refractivity contribution in [3.8, 4) is 0 Å². The molecule has 2 aromatic rings. The summed E-state index contributed by atoms with van der Waals surface area (Å²) in [6.07, 6.45) is 6.53. The number of carbonyl (C=O) groups excluding carboxylic acids is 1. The van der Waals surface area contributed by atoms with E-state index in [1.54, 1.807) is 6.07 Å². The molecule has 2 aliphatic rings. The average molecular weight is 286 g/mol.